The average molecular weight is 212 g/mol. The van der Waals surface area contributed by atoms with Gasteiger partial charge in [-0.25, -0.2) is 0 Å². The molecule has 1 radical (unpaired) electrons. The van der Waals surface area contributed by atoms with Gasteiger partial charge in [0.1, 0.15) is 0 Å². The van der Waals surface area contributed by atoms with Crippen molar-refractivity contribution in [2.45, 2.75) is 0 Å². The van der Waals surface area contributed by atoms with Gasteiger partial charge < -0.3 is 0 Å². The molecule has 2 rings (SSSR count). The van der Waals surface area contributed by atoms with Gasteiger partial charge in [-0.2, -0.15) is 0 Å². The summed E-state index contributed by atoms with van der Waals surface area (Å²) in [5.74, 6) is 0. The molecule has 0 aliphatic rings. The van der Waals surface area contributed by atoms with Crippen LogP contribution in [0.3, 0.4) is 0 Å². The summed E-state index contributed by atoms with van der Waals surface area (Å²) in [7, 11) is 0. The molecule has 0 fully saturated rings. The Morgan fingerprint density at radius 2 is 2.10 bits per heavy atom. The van der Waals surface area contributed by atoms with Crippen molar-refractivity contribution in [2.75, 3.05) is 0 Å². The minimum absolute atomic E-state index is 1.08. The Bertz CT molecular complexity index is 351. The number of hydrogen-bond acceptors (Lipinski definition) is 1. The van der Waals surface area contributed by atoms with Crippen molar-refractivity contribution in [1.29, 1.82) is 0 Å². The summed E-state index contributed by atoms with van der Waals surface area (Å²) in [5.41, 5.74) is 0. The van der Waals surface area contributed by atoms with E-state index in [1.165, 1.54) is 10.1 Å². The minimum atomic E-state index is 1.08. The van der Waals surface area contributed by atoms with Crippen molar-refractivity contribution in [3.8, 4) is 0 Å². The molecule has 0 saturated carbocycles. The molecule has 1 aromatic carbocycles. The molecule has 0 atom stereocenters. The van der Waals surface area contributed by atoms with Gasteiger partial charge in [-0.15, -0.1) is 11.3 Å². The second-order valence-electron chi connectivity index (χ2n) is 2.01. The molecule has 0 N–H and O–H groups in total. The van der Waals surface area contributed by atoms with E-state index >= 15 is 0 Å². The normalized spacial score (nSPS) is 10.5. The lowest BCUT2D eigenvalue weighted by Gasteiger charge is -1.85. The summed E-state index contributed by atoms with van der Waals surface area (Å²) >= 11 is 5.06. The Hall–Kier alpha value is -0.340. The number of thiophene rings is 1. The standard InChI is InChI=1S/C8H4BrS/c9-7-5-10-8-4-2-1-3-6(7)8/h1-4H. The number of halogens is 1. The first-order valence-corrected chi connectivity index (χ1v) is 4.53. The summed E-state index contributed by atoms with van der Waals surface area (Å²) < 4.78 is 2.36. The number of benzene rings is 1. The van der Waals surface area contributed by atoms with Gasteiger partial charge in [-0.1, -0.05) is 18.2 Å². The van der Waals surface area contributed by atoms with Crippen molar-refractivity contribution >= 4 is 37.4 Å². The van der Waals surface area contributed by atoms with E-state index < -0.39 is 0 Å². The third-order valence-electron chi connectivity index (χ3n) is 1.37. The zero-order valence-corrected chi connectivity index (χ0v) is 7.50. The maximum atomic E-state index is 3.42. The van der Waals surface area contributed by atoms with Crippen LogP contribution in [0.1, 0.15) is 0 Å². The molecular formula is C8H4BrS. The molecule has 10 heavy (non-hydrogen) atoms. The Kier molecular flexibility index (Phi) is 1.51. The van der Waals surface area contributed by atoms with Crippen LogP contribution in [0.4, 0.5) is 0 Å². The first-order valence-electron chi connectivity index (χ1n) is 2.92. The second-order valence-corrected chi connectivity index (χ2v) is 3.66. The van der Waals surface area contributed by atoms with Crippen LogP contribution in [-0.2, 0) is 0 Å². The molecule has 0 unspecified atom stereocenters. The van der Waals surface area contributed by atoms with Gasteiger partial charge in [0.2, 0.25) is 0 Å². The fraction of sp³-hybridized carbons (Fsp3) is 0. The van der Waals surface area contributed by atoms with Crippen molar-refractivity contribution in [3.05, 3.63) is 34.1 Å². The number of rotatable bonds is 0. The highest BCUT2D eigenvalue weighted by atomic mass is 79.9. The highest BCUT2D eigenvalue weighted by Crippen LogP contribution is 2.28. The van der Waals surface area contributed by atoms with E-state index in [0.717, 1.165) is 4.47 Å². The largest absolute Gasteiger partial charge is 0.133 e. The topological polar surface area (TPSA) is 0 Å². The highest BCUT2D eigenvalue weighted by molar-refractivity contribution is 9.10. The molecule has 0 saturated heterocycles. The Morgan fingerprint density at radius 1 is 1.30 bits per heavy atom. The predicted molar refractivity (Wildman–Crippen MR) is 48.4 cm³/mol. The van der Waals surface area contributed by atoms with E-state index in [2.05, 4.69) is 33.4 Å². The van der Waals surface area contributed by atoms with E-state index in [4.69, 9.17) is 0 Å². The Morgan fingerprint density at radius 3 is 2.90 bits per heavy atom. The van der Waals surface area contributed by atoms with Gasteiger partial charge in [0.15, 0.2) is 0 Å². The molecule has 0 amide bonds. The SMILES string of the molecule is Brc1[c]sc2ccccc12. The van der Waals surface area contributed by atoms with Gasteiger partial charge in [0.05, 0.1) is 5.38 Å². The molecule has 0 bridgehead atoms. The highest BCUT2D eigenvalue weighted by Gasteiger charge is 1.97. The van der Waals surface area contributed by atoms with Crippen molar-refractivity contribution < 1.29 is 0 Å². The quantitative estimate of drug-likeness (QED) is 0.627. The third-order valence-corrected chi connectivity index (χ3v) is 3.14. The fourth-order valence-electron chi connectivity index (χ4n) is 0.892. The Labute approximate surface area is 71.6 Å². The van der Waals surface area contributed by atoms with E-state index in [-0.39, 0.29) is 0 Å². The molecule has 1 aromatic heterocycles. The number of hydrogen-bond donors (Lipinski definition) is 0. The molecule has 1 heterocycles. The zero-order chi connectivity index (χ0) is 6.97. The van der Waals surface area contributed by atoms with E-state index in [1.54, 1.807) is 11.3 Å². The minimum Gasteiger partial charge on any atom is -0.133 e. The van der Waals surface area contributed by atoms with Crippen LogP contribution in [-0.4, -0.2) is 0 Å². The molecule has 2 aromatic rings. The molecular weight excluding hydrogens is 208 g/mol. The van der Waals surface area contributed by atoms with E-state index in [9.17, 15) is 0 Å². The van der Waals surface area contributed by atoms with E-state index in [0.29, 0.717) is 0 Å². The van der Waals surface area contributed by atoms with Gasteiger partial charge in [0, 0.05) is 14.6 Å². The number of fused-ring (bicyclic) bond motifs is 1. The van der Waals surface area contributed by atoms with Crippen molar-refractivity contribution in [3.63, 3.8) is 0 Å². The summed E-state index contributed by atoms with van der Waals surface area (Å²) in [6, 6.07) is 8.26. The van der Waals surface area contributed by atoms with Gasteiger partial charge in [0.25, 0.3) is 0 Å². The average Bonchev–Trinajstić information content (AvgIpc) is 2.34. The van der Waals surface area contributed by atoms with Gasteiger partial charge in [-0.05, 0) is 22.0 Å². The monoisotopic (exact) mass is 211 g/mol. The predicted octanol–water partition coefficient (Wildman–Crippen LogP) is 3.46. The van der Waals surface area contributed by atoms with Crippen LogP contribution in [0.5, 0.6) is 0 Å². The third kappa shape index (κ3) is 0.879. The summed E-state index contributed by atoms with van der Waals surface area (Å²) in [6.07, 6.45) is 0. The van der Waals surface area contributed by atoms with Crippen LogP contribution < -0.4 is 0 Å². The molecule has 0 aliphatic heterocycles. The van der Waals surface area contributed by atoms with Crippen molar-refractivity contribution in [2.24, 2.45) is 0 Å². The van der Waals surface area contributed by atoms with Gasteiger partial charge in [-0.3, -0.25) is 0 Å². The lowest BCUT2D eigenvalue weighted by Crippen LogP contribution is -1.59. The lowest BCUT2D eigenvalue weighted by atomic mass is 10.3. The maximum Gasteiger partial charge on any atom is 0.0609 e. The molecule has 0 aliphatic carbocycles. The van der Waals surface area contributed by atoms with Crippen molar-refractivity contribution in [1.82, 2.24) is 0 Å². The Balaban J connectivity index is 2.93. The molecule has 0 spiro atoms. The molecule has 0 nitrogen and oxygen atoms in total. The van der Waals surface area contributed by atoms with Crippen LogP contribution >= 0.6 is 27.3 Å². The van der Waals surface area contributed by atoms with Crippen LogP contribution in [0.25, 0.3) is 10.1 Å². The van der Waals surface area contributed by atoms with Crippen LogP contribution in [0, 0.1) is 5.38 Å². The fourth-order valence-corrected chi connectivity index (χ4v) is 2.35. The zero-order valence-electron chi connectivity index (χ0n) is 5.10. The maximum absolute atomic E-state index is 3.42. The van der Waals surface area contributed by atoms with Gasteiger partial charge >= 0.3 is 0 Å². The second kappa shape index (κ2) is 2.36. The first kappa shape index (κ1) is 6.38. The van der Waals surface area contributed by atoms with Crippen LogP contribution in [0.2, 0.25) is 0 Å². The van der Waals surface area contributed by atoms with E-state index in [1.807, 2.05) is 12.1 Å². The molecule has 2 heteroatoms. The summed E-state index contributed by atoms with van der Waals surface area (Å²) in [4.78, 5) is 0. The lowest BCUT2D eigenvalue weighted by molar-refractivity contribution is 1.83. The summed E-state index contributed by atoms with van der Waals surface area (Å²) in [5, 5.41) is 4.39. The molecule has 49 valence electrons. The summed E-state index contributed by atoms with van der Waals surface area (Å²) in [6.45, 7) is 0. The van der Waals surface area contributed by atoms with Crippen LogP contribution in [0.15, 0.2) is 28.7 Å². The first-order chi connectivity index (χ1) is 4.88. The smallest absolute Gasteiger partial charge is 0.0609 e.